The third kappa shape index (κ3) is 6.47. The Labute approximate surface area is 315 Å². The minimum Gasteiger partial charge on any atom is -0.455 e. The molecule has 0 bridgehead atoms. The van der Waals surface area contributed by atoms with Crippen LogP contribution in [0.25, 0.3) is 61.5 Å². The van der Waals surface area contributed by atoms with Crippen LogP contribution in [0.4, 0.5) is 0 Å². The highest BCUT2D eigenvalue weighted by Gasteiger charge is 2.23. The molecule has 0 amide bonds. The predicted octanol–water partition coefficient (Wildman–Crippen LogP) is 13.7. The maximum Gasteiger partial charge on any atom is 0.141 e. The number of rotatable bonds is 6. The van der Waals surface area contributed by atoms with Crippen molar-refractivity contribution in [3.8, 4) is 32.6 Å². The van der Waals surface area contributed by atoms with Gasteiger partial charge in [-0.15, -0.1) is 55.5 Å². The summed E-state index contributed by atoms with van der Waals surface area (Å²) in [6, 6.07) is 18.1. The molecule has 0 radical (unpaired) electrons. The summed E-state index contributed by atoms with van der Waals surface area (Å²) in [5, 5.41) is 23.7. The summed E-state index contributed by atoms with van der Waals surface area (Å²) >= 11 is 7.06. The molecule has 8 aromatic rings. The van der Waals surface area contributed by atoms with Crippen LogP contribution in [0.1, 0.15) is 73.8 Å². The van der Waals surface area contributed by atoms with Gasteiger partial charge in [0.05, 0.1) is 30.5 Å². The first-order valence-electron chi connectivity index (χ1n) is 17.4. The van der Waals surface area contributed by atoms with Crippen LogP contribution in [0.3, 0.4) is 0 Å². The summed E-state index contributed by atoms with van der Waals surface area (Å²) in [6.07, 6.45) is 2.08. The van der Waals surface area contributed by atoms with Crippen molar-refractivity contribution < 1.29 is 4.74 Å². The quantitative estimate of drug-likeness (QED) is 0.170. The topological polar surface area (TPSA) is 60.8 Å². The number of fused-ring (bicyclic) bond motifs is 6. The van der Waals surface area contributed by atoms with Crippen molar-refractivity contribution in [2.24, 2.45) is 10.8 Å². The number of ether oxygens (including phenoxy) is 1. The van der Waals surface area contributed by atoms with E-state index in [1.165, 1.54) is 51.5 Å². The minimum atomic E-state index is 0.232. The lowest BCUT2D eigenvalue weighted by atomic mass is 9.88. The molecule has 0 aliphatic rings. The summed E-state index contributed by atoms with van der Waals surface area (Å²) in [4.78, 5) is 4.34. The van der Waals surface area contributed by atoms with Gasteiger partial charge in [-0.25, -0.2) is 0 Å². The molecule has 9 heteroatoms. The third-order valence-corrected chi connectivity index (χ3v) is 13.6. The van der Waals surface area contributed by atoms with E-state index in [-0.39, 0.29) is 10.8 Å². The van der Waals surface area contributed by atoms with Gasteiger partial charge in [-0.3, -0.25) is 0 Å². The molecule has 0 spiro atoms. The van der Waals surface area contributed by atoms with E-state index < -0.39 is 0 Å². The Balaban J connectivity index is 1.14. The molecule has 0 aliphatic carbocycles. The second-order valence-corrected chi connectivity index (χ2v) is 20.8. The lowest BCUT2D eigenvalue weighted by Crippen LogP contribution is -2.08. The number of aromatic nitrogens is 4. The summed E-state index contributed by atoms with van der Waals surface area (Å²) < 4.78 is 11.6. The number of nitrogens with zero attached hydrogens (tertiary/aromatic N) is 4. The first-order chi connectivity index (χ1) is 24.1. The zero-order valence-electron chi connectivity index (χ0n) is 30.9. The van der Waals surface area contributed by atoms with Crippen LogP contribution in [-0.4, -0.2) is 20.4 Å². The van der Waals surface area contributed by atoms with Gasteiger partial charge in [0.1, 0.15) is 22.9 Å². The van der Waals surface area contributed by atoms with E-state index in [9.17, 15) is 0 Å². The largest absolute Gasteiger partial charge is 0.455 e. The fourth-order valence-electron chi connectivity index (χ4n) is 7.03. The smallest absolute Gasteiger partial charge is 0.141 e. The van der Waals surface area contributed by atoms with Crippen LogP contribution in [0.5, 0.6) is 11.5 Å². The fourth-order valence-corrected chi connectivity index (χ4v) is 11.7. The van der Waals surface area contributed by atoms with E-state index in [1.807, 2.05) is 22.7 Å². The monoisotopic (exact) mass is 746 g/mol. The van der Waals surface area contributed by atoms with E-state index in [0.29, 0.717) is 0 Å². The molecular formula is C42H42N4OS4. The van der Waals surface area contributed by atoms with Gasteiger partial charge in [0.25, 0.3) is 0 Å². The number of benzene rings is 2. The summed E-state index contributed by atoms with van der Waals surface area (Å²) in [5.41, 5.74) is 6.97. The molecule has 8 rings (SSSR count). The Hall–Kier alpha value is -3.76. The Morgan fingerprint density at radius 2 is 0.941 bits per heavy atom. The van der Waals surface area contributed by atoms with Crippen molar-refractivity contribution in [3.63, 3.8) is 0 Å². The molecule has 6 aromatic heterocycles. The Morgan fingerprint density at radius 1 is 0.529 bits per heavy atom. The number of hydrogen-bond acceptors (Lipinski definition) is 9. The average molecular weight is 747 g/mol. The highest BCUT2D eigenvalue weighted by molar-refractivity contribution is 7.27. The highest BCUT2D eigenvalue weighted by Crippen LogP contribution is 2.48. The molecule has 0 fully saturated rings. The standard InChI is InChI=1S/C42H42N4OS4/c1-21-35-27-13-11-25(19-41(5,6)7)15-31(27)50-39(35)37(45-43-21)33-17-29(23(3)48-33)47-30-18-34(49-24(30)4)38-40-36(22(2)44-46-38)28-14-12-26(16-32(28)51-40)20-42(8,9)10/h11-18H,19-20H2,1-10H3. The predicted molar refractivity (Wildman–Crippen MR) is 222 cm³/mol. The van der Waals surface area contributed by atoms with Gasteiger partial charge in [0.2, 0.25) is 0 Å². The Bertz CT molecular complexity index is 2460. The van der Waals surface area contributed by atoms with Crippen molar-refractivity contribution in [2.75, 3.05) is 0 Å². The SMILES string of the molecule is Cc1sc(-c2nnc(C)c3c2sc2cc(CC(C)(C)C)ccc23)cc1Oc1cc(-c2nnc(C)c3c2sc2cc(CC(C)(C)C)ccc23)sc1C. The van der Waals surface area contributed by atoms with Crippen LogP contribution in [0.15, 0.2) is 48.5 Å². The van der Waals surface area contributed by atoms with Crippen LogP contribution >= 0.6 is 45.3 Å². The van der Waals surface area contributed by atoms with Gasteiger partial charge < -0.3 is 4.74 Å². The second kappa shape index (κ2) is 12.4. The maximum absolute atomic E-state index is 6.69. The summed E-state index contributed by atoms with van der Waals surface area (Å²) in [7, 11) is 0. The molecule has 6 heterocycles. The maximum atomic E-state index is 6.69. The van der Waals surface area contributed by atoms with Crippen molar-refractivity contribution in [3.05, 3.63) is 80.8 Å². The molecule has 260 valence electrons. The van der Waals surface area contributed by atoms with Gasteiger partial charge in [0.15, 0.2) is 0 Å². The van der Waals surface area contributed by atoms with Crippen molar-refractivity contribution >= 4 is 85.7 Å². The lowest BCUT2D eigenvalue weighted by Gasteiger charge is -2.18. The third-order valence-electron chi connectivity index (χ3n) is 9.16. The van der Waals surface area contributed by atoms with E-state index >= 15 is 0 Å². The van der Waals surface area contributed by atoms with Gasteiger partial charge in [-0.2, -0.15) is 10.2 Å². The van der Waals surface area contributed by atoms with E-state index in [1.54, 1.807) is 22.7 Å². The van der Waals surface area contributed by atoms with Crippen LogP contribution < -0.4 is 4.74 Å². The van der Waals surface area contributed by atoms with Crippen LogP contribution in [0.2, 0.25) is 0 Å². The first kappa shape index (κ1) is 34.3. The molecule has 0 saturated heterocycles. The highest BCUT2D eigenvalue weighted by atomic mass is 32.1. The molecule has 5 nitrogen and oxygen atoms in total. The average Bonchev–Trinajstić information content (AvgIpc) is 3.79. The molecule has 0 aliphatic heterocycles. The molecule has 0 unspecified atom stereocenters. The van der Waals surface area contributed by atoms with E-state index in [2.05, 4.69) is 128 Å². The molecule has 0 atom stereocenters. The van der Waals surface area contributed by atoms with Gasteiger partial charge in [0, 0.05) is 52.8 Å². The lowest BCUT2D eigenvalue weighted by molar-refractivity contribution is 0.411. The van der Waals surface area contributed by atoms with Gasteiger partial charge >= 0.3 is 0 Å². The Kier molecular flexibility index (Phi) is 8.37. The Morgan fingerprint density at radius 3 is 1.33 bits per heavy atom. The number of aryl methyl sites for hydroxylation is 4. The van der Waals surface area contributed by atoms with E-state index in [4.69, 9.17) is 14.9 Å². The molecule has 0 N–H and O–H groups in total. The molecule has 0 saturated carbocycles. The van der Waals surface area contributed by atoms with Crippen LogP contribution in [0, 0.1) is 38.5 Å². The molecular weight excluding hydrogens is 705 g/mol. The number of thiophene rings is 4. The summed E-state index contributed by atoms with van der Waals surface area (Å²) in [6.45, 7) is 22.1. The van der Waals surface area contributed by atoms with Crippen LogP contribution in [-0.2, 0) is 12.8 Å². The van der Waals surface area contributed by atoms with Gasteiger partial charge in [-0.05, 0) is 74.6 Å². The van der Waals surface area contributed by atoms with Crippen molar-refractivity contribution in [1.82, 2.24) is 20.4 Å². The number of hydrogen-bond donors (Lipinski definition) is 0. The fraction of sp³-hybridized carbons (Fsp3) is 0.333. The van der Waals surface area contributed by atoms with Crippen molar-refractivity contribution in [2.45, 2.75) is 82.1 Å². The van der Waals surface area contributed by atoms with E-state index in [0.717, 1.165) is 66.6 Å². The van der Waals surface area contributed by atoms with Crippen molar-refractivity contribution in [1.29, 1.82) is 0 Å². The molecule has 2 aromatic carbocycles. The summed E-state index contributed by atoms with van der Waals surface area (Å²) in [5.74, 6) is 1.69. The zero-order chi connectivity index (χ0) is 36.0. The first-order valence-corrected chi connectivity index (χ1v) is 20.6. The second-order valence-electron chi connectivity index (χ2n) is 16.2. The normalized spacial score (nSPS) is 12.7. The molecule has 51 heavy (non-hydrogen) atoms. The minimum absolute atomic E-state index is 0.232. The zero-order valence-corrected chi connectivity index (χ0v) is 34.1. The van der Waals surface area contributed by atoms with Gasteiger partial charge in [-0.1, -0.05) is 65.8 Å².